The number of aliphatic hydroxyl groups is 4. The highest BCUT2D eigenvalue weighted by Gasteiger charge is 2.54. The predicted octanol–water partition coefficient (Wildman–Crippen LogP) is 3.60. The normalized spacial score (nSPS) is 47.3. The van der Waals surface area contributed by atoms with E-state index in [1.54, 1.807) is 27.9 Å². The summed E-state index contributed by atoms with van der Waals surface area (Å²) < 4.78 is 32.0. The third-order valence-corrected chi connectivity index (χ3v) is 13.0. The molecule has 3 fully saturated rings. The van der Waals surface area contributed by atoms with Gasteiger partial charge in [0, 0.05) is 57.5 Å². The van der Waals surface area contributed by atoms with Gasteiger partial charge in [-0.05, 0) is 86.7 Å². The molecule has 0 amide bonds. The van der Waals surface area contributed by atoms with Gasteiger partial charge in [-0.1, -0.05) is 27.7 Å². The van der Waals surface area contributed by atoms with Crippen LogP contribution in [0, 0.1) is 36.0 Å². The molecule has 3 aliphatic heterocycles. The number of methoxy groups -OCH3 is 1. The second-order valence-corrected chi connectivity index (χ2v) is 17.6. The second-order valence-electron chi connectivity index (χ2n) is 17.6. The summed E-state index contributed by atoms with van der Waals surface area (Å²) in [6.45, 7) is 19.7. The maximum Gasteiger partial charge on any atom is 0.309 e. The van der Waals surface area contributed by atoms with Crippen LogP contribution in [0.25, 0.3) is 0 Å². The first-order valence-electron chi connectivity index (χ1n) is 19.9. The van der Waals surface area contributed by atoms with Crippen molar-refractivity contribution in [2.24, 2.45) is 23.7 Å². The number of ether oxygens (including phenoxy) is 5. The van der Waals surface area contributed by atoms with Gasteiger partial charge in [0.25, 0.3) is 0 Å². The van der Waals surface area contributed by atoms with Crippen molar-refractivity contribution in [3.8, 4) is 12.3 Å². The number of carbonyl (C=O) groups is 1. The number of carbonyl (C=O) groups excluding carboxylic acids is 1. The highest BCUT2D eigenvalue weighted by molar-refractivity contribution is 5.73. The lowest BCUT2D eigenvalue weighted by molar-refractivity contribution is -0.275. The summed E-state index contributed by atoms with van der Waals surface area (Å²) in [5.41, 5.74) is -4.15. The minimum absolute atomic E-state index is 0.0690. The lowest BCUT2D eigenvalue weighted by Crippen LogP contribution is -2.61. The van der Waals surface area contributed by atoms with E-state index in [1.807, 2.05) is 46.6 Å². The van der Waals surface area contributed by atoms with Crippen molar-refractivity contribution in [1.29, 1.82) is 0 Å². The van der Waals surface area contributed by atoms with Crippen molar-refractivity contribution < 1.29 is 48.9 Å². The molecule has 4 N–H and O–H groups in total. The van der Waals surface area contributed by atoms with Crippen molar-refractivity contribution in [1.82, 2.24) is 9.80 Å². The molecule has 0 aromatic heterocycles. The van der Waals surface area contributed by atoms with Crippen LogP contribution in [0.1, 0.15) is 108 Å². The fourth-order valence-corrected chi connectivity index (χ4v) is 9.59. The largest absolute Gasteiger partial charge is 0.459 e. The van der Waals surface area contributed by atoms with Crippen molar-refractivity contribution in [3.63, 3.8) is 0 Å². The predicted molar refractivity (Wildman–Crippen MR) is 204 cm³/mol. The van der Waals surface area contributed by atoms with Gasteiger partial charge in [-0.25, -0.2) is 0 Å². The van der Waals surface area contributed by atoms with Gasteiger partial charge in [0.2, 0.25) is 0 Å². The van der Waals surface area contributed by atoms with Crippen LogP contribution >= 0.6 is 0 Å². The third-order valence-electron chi connectivity index (χ3n) is 13.0. The van der Waals surface area contributed by atoms with Crippen molar-refractivity contribution in [2.45, 2.75) is 186 Å². The minimum Gasteiger partial charge on any atom is -0.459 e. The highest BCUT2D eigenvalue weighted by Crippen LogP contribution is 2.44. The van der Waals surface area contributed by atoms with Gasteiger partial charge in [0.1, 0.15) is 23.9 Å². The quantitative estimate of drug-likeness (QED) is 0.212. The smallest absolute Gasteiger partial charge is 0.309 e. The van der Waals surface area contributed by atoms with E-state index < -0.39 is 89.5 Å². The Balaban J connectivity index is 2.18. The Hall–Kier alpha value is -1.37. The number of likely N-dealkylation sites (N-methyl/N-ethyl adjacent to an activating group) is 1. The number of rotatable bonds is 8. The van der Waals surface area contributed by atoms with Gasteiger partial charge in [0.15, 0.2) is 6.29 Å². The summed E-state index contributed by atoms with van der Waals surface area (Å²) in [7, 11) is 5.50. The Bertz CT molecular complexity index is 1210. The third kappa shape index (κ3) is 10.7. The maximum atomic E-state index is 14.4. The number of terminal acetylenes is 1. The van der Waals surface area contributed by atoms with Gasteiger partial charge >= 0.3 is 5.97 Å². The standard InChI is InChI=1S/C41H74N2O10/c1-15-17-18-42(12)30-19-25(4)50-33(20-30)53-37-26(5)34(31-22-40(10,49-14)36(45)29(8)51-31)27(6)38(46)52-32(16-2)41(11,48)35(44)28(7)43(13)23-24(3)21-39(37,9)47/h1,24-37,44-45,47-48H,16-23H2,2-14H3/t24-,25-,26+,27-,28-,29+,30+,31-,32-,33+,34?,35-,36+,37-,39-,40-,41-/m1/s1. The van der Waals surface area contributed by atoms with E-state index in [-0.39, 0.29) is 30.9 Å². The number of aliphatic hydroxyl groups excluding tert-OH is 2. The van der Waals surface area contributed by atoms with E-state index in [0.29, 0.717) is 25.8 Å². The molecule has 0 spiro atoms. The van der Waals surface area contributed by atoms with Crippen molar-refractivity contribution in [3.05, 3.63) is 0 Å². The molecule has 12 heteroatoms. The molecule has 3 heterocycles. The van der Waals surface area contributed by atoms with Crippen LogP contribution in [-0.2, 0) is 28.5 Å². The minimum atomic E-state index is -1.76. The summed E-state index contributed by atoms with van der Waals surface area (Å²) in [6.07, 6.45) is 2.47. The number of nitrogens with zero attached hydrogens (tertiary/aromatic N) is 2. The zero-order chi connectivity index (χ0) is 40.2. The molecule has 17 atom stereocenters. The van der Waals surface area contributed by atoms with E-state index in [0.717, 1.165) is 13.0 Å². The van der Waals surface area contributed by atoms with Gasteiger partial charge in [-0.3, -0.25) is 4.79 Å². The molecule has 0 aromatic carbocycles. The summed E-state index contributed by atoms with van der Waals surface area (Å²) in [6, 6.07) is -0.350. The second kappa shape index (κ2) is 18.7. The lowest BCUT2D eigenvalue weighted by atomic mass is 9.68. The molecular weight excluding hydrogens is 680 g/mol. The zero-order valence-electron chi connectivity index (χ0n) is 34.9. The first-order valence-corrected chi connectivity index (χ1v) is 19.9. The molecule has 0 bridgehead atoms. The van der Waals surface area contributed by atoms with E-state index in [9.17, 15) is 25.2 Å². The molecule has 3 aliphatic rings. The van der Waals surface area contributed by atoms with Crippen molar-refractivity contribution in [2.75, 3.05) is 34.3 Å². The van der Waals surface area contributed by atoms with Crippen LogP contribution in [0.4, 0.5) is 0 Å². The van der Waals surface area contributed by atoms with E-state index in [4.69, 9.17) is 30.1 Å². The number of hydrogen-bond acceptors (Lipinski definition) is 12. The first-order chi connectivity index (χ1) is 24.5. The zero-order valence-corrected chi connectivity index (χ0v) is 34.9. The van der Waals surface area contributed by atoms with Crippen LogP contribution in [0.3, 0.4) is 0 Å². The molecular formula is C41H74N2O10. The average Bonchev–Trinajstić information content (AvgIpc) is 3.08. The highest BCUT2D eigenvalue weighted by atomic mass is 16.7. The molecule has 1 unspecified atom stereocenters. The van der Waals surface area contributed by atoms with Crippen LogP contribution in [0.2, 0.25) is 0 Å². The summed E-state index contributed by atoms with van der Waals surface area (Å²) in [4.78, 5) is 18.6. The molecule has 308 valence electrons. The van der Waals surface area contributed by atoms with Gasteiger partial charge in [-0.15, -0.1) is 12.3 Å². The van der Waals surface area contributed by atoms with Crippen LogP contribution in [-0.4, -0.2) is 148 Å². The SMILES string of the molecule is C#CCCN(C)[C@@H]1C[C@H](O[C@@H]2[C@@H](C)C([C@H]3C[C@@](C)(OC)[C@@H](O)[C@H](C)O3)[C@@H](C)C(=O)O[C@H](CC)[C@@](C)(O)[C@H](O)[C@@H](C)N(C)C[C@H](C)C[C@@]2(C)O)O[C@H](C)C1. The topological polar surface area (TPSA) is 151 Å². The summed E-state index contributed by atoms with van der Waals surface area (Å²) in [5, 5.41) is 47.1. The fourth-order valence-electron chi connectivity index (χ4n) is 9.59. The van der Waals surface area contributed by atoms with Gasteiger partial charge in [0.05, 0.1) is 41.5 Å². The summed E-state index contributed by atoms with van der Waals surface area (Å²) >= 11 is 0. The van der Waals surface area contributed by atoms with Gasteiger partial charge in [-0.2, -0.15) is 0 Å². The molecule has 12 nitrogen and oxygen atoms in total. The maximum absolute atomic E-state index is 14.4. The van der Waals surface area contributed by atoms with Crippen molar-refractivity contribution >= 4 is 5.97 Å². The molecule has 0 saturated carbocycles. The van der Waals surface area contributed by atoms with E-state index in [2.05, 4.69) is 24.8 Å². The molecule has 0 aliphatic carbocycles. The fraction of sp³-hybridized carbons (Fsp3) is 0.927. The molecule has 0 aromatic rings. The van der Waals surface area contributed by atoms with E-state index >= 15 is 0 Å². The molecule has 3 saturated heterocycles. The Morgan fingerprint density at radius 1 is 1.02 bits per heavy atom. The lowest BCUT2D eigenvalue weighted by Gasteiger charge is -2.51. The van der Waals surface area contributed by atoms with Crippen LogP contribution in [0.15, 0.2) is 0 Å². The van der Waals surface area contributed by atoms with Crippen LogP contribution in [0.5, 0.6) is 0 Å². The molecule has 0 radical (unpaired) electrons. The van der Waals surface area contributed by atoms with Gasteiger partial charge < -0.3 is 53.9 Å². The monoisotopic (exact) mass is 755 g/mol. The Morgan fingerprint density at radius 2 is 1.66 bits per heavy atom. The number of hydrogen-bond donors (Lipinski definition) is 4. The van der Waals surface area contributed by atoms with E-state index in [1.165, 1.54) is 6.92 Å². The Morgan fingerprint density at radius 3 is 2.25 bits per heavy atom. The van der Waals surface area contributed by atoms with Crippen LogP contribution < -0.4 is 0 Å². The Labute approximate surface area is 320 Å². The number of cyclic esters (lactones) is 1. The Kier molecular flexibility index (Phi) is 16.2. The first kappa shape index (κ1) is 46.0. The average molecular weight is 755 g/mol. The number of esters is 1. The summed E-state index contributed by atoms with van der Waals surface area (Å²) in [5.74, 6) is 0.154. The molecule has 3 rings (SSSR count). The molecule has 53 heavy (non-hydrogen) atoms.